The monoisotopic (exact) mass is 701 g/mol. The van der Waals surface area contributed by atoms with Crippen molar-refractivity contribution in [2.24, 2.45) is 11.5 Å². The number of phenolic OH excluding ortho intramolecular Hbond substituents is 1. The van der Waals surface area contributed by atoms with E-state index in [4.69, 9.17) is 16.9 Å². The van der Waals surface area contributed by atoms with Gasteiger partial charge >= 0.3 is 0 Å². The molecule has 48 heavy (non-hydrogen) atoms. The molecule has 0 aliphatic heterocycles. The lowest BCUT2D eigenvalue weighted by molar-refractivity contribution is -0.133. The zero-order valence-electron chi connectivity index (χ0n) is 27.4. The van der Waals surface area contributed by atoms with Crippen LogP contribution in [0.3, 0.4) is 0 Å². The topological polar surface area (TPSA) is 237 Å². The van der Waals surface area contributed by atoms with Gasteiger partial charge in [0, 0.05) is 19.4 Å². The number of nitrogens with one attached hydrogen (secondary N) is 7. The lowest BCUT2D eigenvalue weighted by Crippen LogP contribution is -2.58. The van der Waals surface area contributed by atoms with E-state index in [0.717, 1.165) is 22.3 Å². The molecule has 0 aliphatic carbocycles. The Balaban J connectivity index is 2.29. The molecule has 4 amide bonds. The number of benzene rings is 1. The number of carbonyl (C=O) groups excluding carboxylic acids is 4. The van der Waals surface area contributed by atoms with Crippen LogP contribution in [0.5, 0.6) is 5.75 Å². The van der Waals surface area contributed by atoms with Gasteiger partial charge in [-0.3, -0.25) is 24.6 Å². The number of hydrogen-bond donors (Lipinski definition) is 10. The first-order chi connectivity index (χ1) is 22.9. The van der Waals surface area contributed by atoms with Gasteiger partial charge in [0.2, 0.25) is 23.6 Å². The van der Waals surface area contributed by atoms with Crippen LogP contribution in [-0.2, 0) is 32.0 Å². The van der Waals surface area contributed by atoms with Crippen molar-refractivity contribution in [1.82, 2.24) is 31.4 Å². The van der Waals surface area contributed by atoms with Crippen LogP contribution in [0.15, 0.2) is 30.3 Å². The minimum atomic E-state index is -1.12. The van der Waals surface area contributed by atoms with Crippen molar-refractivity contribution >= 4 is 48.4 Å². The molecular weight excluding hydrogens is 652 g/mol. The molecule has 12 N–H and O–H groups in total. The number of rotatable bonds is 20. The predicted molar refractivity (Wildman–Crippen MR) is 191 cm³/mol. The number of amides is 4. The highest BCUT2D eigenvalue weighted by Gasteiger charge is 2.30. The second-order valence-corrected chi connectivity index (χ2v) is 12.2. The minimum absolute atomic E-state index is 0.0670. The number of nitrogens with two attached hydrogens (primary N) is 2. The van der Waals surface area contributed by atoms with Crippen molar-refractivity contribution in [1.29, 1.82) is 5.41 Å². The number of aryl methyl sites for hydroxylation is 2. The maximum atomic E-state index is 13.9. The molecule has 2 rings (SSSR count). The quantitative estimate of drug-likeness (QED) is 0.0383. The van der Waals surface area contributed by atoms with Gasteiger partial charge in [-0.15, -0.1) is 0 Å². The van der Waals surface area contributed by atoms with E-state index in [1.165, 1.54) is 0 Å². The molecule has 0 aromatic heterocycles. The van der Waals surface area contributed by atoms with E-state index in [-0.39, 0.29) is 37.4 Å². The third kappa shape index (κ3) is 14.0. The predicted octanol–water partition coefficient (Wildman–Crippen LogP) is -0.104. The third-order valence-electron chi connectivity index (χ3n) is 7.72. The summed E-state index contributed by atoms with van der Waals surface area (Å²) in [7, 11) is 4.62. The first kappa shape index (κ1) is 40.2. The van der Waals surface area contributed by atoms with Gasteiger partial charge in [0.15, 0.2) is 5.96 Å². The standard InChI is InChI=1S/C32H49N9O5P2/c1-19-15-22(42)16-20(2)23(19)18-27(40-29(44)24(33)11-8-13-36-32(35)41-48)31(46)38-25(12-6-7-14-37-47)30(45)39-26(28(34)43)17-21-9-4-3-5-10-21/h4,9-10,15-16,24-27,37,42H,6-8,11-14,17-18,33,47-48H2,1-2H3,(H2,34,43)(H,38,46)(H,39,45)(H,40,44)(H3,35,36,41). The fourth-order valence-corrected chi connectivity index (χ4v) is 5.36. The molecule has 0 aliphatic rings. The van der Waals surface area contributed by atoms with Gasteiger partial charge < -0.3 is 48.0 Å². The Morgan fingerprint density at radius 2 is 1.52 bits per heavy atom. The van der Waals surface area contributed by atoms with Crippen LogP contribution in [0.25, 0.3) is 0 Å². The Hall–Kier alpha value is -4.01. The molecule has 0 heterocycles. The molecule has 6 atom stereocenters. The largest absolute Gasteiger partial charge is 0.508 e. The fraction of sp³-hybridized carbons (Fsp3) is 0.469. The van der Waals surface area contributed by atoms with E-state index >= 15 is 0 Å². The molecule has 0 saturated carbocycles. The van der Waals surface area contributed by atoms with E-state index in [2.05, 4.69) is 62.4 Å². The van der Waals surface area contributed by atoms with Gasteiger partial charge in [0.1, 0.15) is 23.9 Å². The summed E-state index contributed by atoms with van der Waals surface area (Å²) in [6.07, 6.45) is 2.51. The SMILES string of the molecule is Cc1cc(O)cc(C)c1CC(NC(=O)C(N)CCCNC(=N)NP)C(=O)NC(CCCCNP)C(=O)NC(Cc1cc#ccc1)C(N)=O. The first-order valence-corrected chi connectivity index (χ1v) is 16.9. The van der Waals surface area contributed by atoms with E-state index in [1.54, 1.807) is 44.2 Å². The lowest BCUT2D eigenvalue weighted by Gasteiger charge is -2.26. The van der Waals surface area contributed by atoms with Gasteiger partial charge in [-0.2, -0.15) is 0 Å². The minimum Gasteiger partial charge on any atom is -0.508 e. The fourth-order valence-electron chi connectivity index (χ4n) is 5.06. The van der Waals surface area contributed by atoms with Crippen molar-refractivity contribution in [3.63, 3.8) is 0 Å². The molecule has 0 saturated heterocycles. The first-order valence-electron chi connectivity index (χ1n) is 15.7. The Kier molecular flexibility index (Phi) is 17.6. The molecular formula is C32H49N9O5P2. The van der Waals surface area contributed by atoms with E-state index < -0.39 is 47.8 Å². The van der Waals surface area contributed by atoms with Gasteiger partial charge in [-0.25, -0.2) is 0 Å². The number of unbranched alkanes of at least 4 members (excludes halogenated alkanes) is 1. The smallest absolute Gasteiger partial charge is 0.243 e. The van der Waals surface area contributed by atoms with Crippen LogP contribution in [0.4, 0.5) is 0 Å². The normalized spacial score (nSPS) is 13.2. The summed E-state index contributed by atoms with van der Waals surface area (Å²) in [5, 5.41) is 34.3. The molecule has 262 valence electrons. The summed E-state index contributed by atoms with van der Waals surface area (Å²) < 4.78 is 0. The maximum Gasteiger partial charge on any atom is 0.243 e. The molecule has 0 radical (unpaired) electrons. The van der Waals surface area contributed by atoms with Gasteiger partial charge in [0.25, 0.3) is 0 Å². The molecule has 14 nitrogen and oxygen atoms in total. The van der Waals surface area contributed by atoms with Gasteiger partial charge in [-0.05, 0) is 114 Å². The van der Waals surface area contributed by atoms with Gasteiger partial charge in [0.05, 0.1) is 6.04 Å². The number of carbonyl (C=O) groups is 4. The Morgan fingerprint density at radius 3 is 2.12 bits per heavy atom. The second kappa shape index (κ2) is 21.1. The summed E-state index contributed by atoms with van der Waals surface area (Å²) in [5.74, 6) is -2.31. The van der Waals surface area contributed by atoms with Crippen LogP contribution < -0.4 is 42.9 Å². The van der Waals surface area contributed by atoms with Crippen LogP contribution in [0, 0.1) is 31.4 Å². The van der Waals surface area contributed by atoms with Crippen LogP contribution >= 0.6 is 18.8 Å². The summed E-state index contributed by atoms with van der Waals surface area (Å²) in [6.45, 7) is 4.66. The molecule has 6 unspecified atom stereocenters. The summed E-state index contributed by atoms with van der Waals surface area (Å²) in [6, 6.07) is 9.61. The highest BCUT2D eigenvalue weighted by atomic mass is 31.0. The van der Waals surface area contributed by atoms with Crippen molar-refractivity contribution in [2.45, 2.75) is 83.0 Å². The summed E-state index contributed by atoms with van der Waals surface area (Å²) in [5.41, 5.74) is 14.7. The Bertz CT molecular complexity index is 1360. The van der Waals surface area contributed by atoms with Crippen LogP contribution in [0.2, 0.25) is 0 Å². The highest BCUT2D eigenvalue weighted by molar-refractivity contribution is 7.15. The zero-order valence-corrected chi connectivity index (χ0v) is 29.8. The van der Waals surface area contributed by atoms with Crippen LogP contribution in [0.1, 0.15) is 54.4 Å². The molecule has 16 heteroatoms. The zero-order chi connectivity index (χ0) is 35.6. The number of hydrogen-bond acceptors (Lipinski definition) is 8. The number of aromatic hydroxyl groups is 1. The van der Waals surface area contributed by atoms with Crippen molar-refractivity contribution < 1.29 is 24.3 Å². The third-order valence-corrected chi connectivity index (χ3v) is 8.29. The molecule has 2 aromatic carbocycles. The van der Waals surface area contributed by atoms with Gasteiger partial charge in [-0.1, -0.05) is 21.5 Å². The number of guanidine groups is 1. The molecule has 0 spiro atoms. The molecule has 0 fully saturated rings. The van der Waals surface area contributed by atoms with Crippen molar-refractivity contribution in [2.75, 3.05) is 13.1 Å². The van der Waals surface area contributed by atoms with Crippen molar-refractivity contribution in [3.8, 4) is 5.75 Å². The Labute approximate surface area is 287 Å². The van der Waals surface area contributed by atoms with Crippen molar-refractivity contribution in [3.05, 3.63) is 64.7 Å². The molecule has 0 bridgehead atoms. The molecule has 2 aromatic rings. The summed E-state index contributed by atoms with van der Waals surface area (Å²) >= 11 is 0. The second-order valence-electron chi connectivity index (χ2n) is 11.5. The highest BCUT2D eigenvalue weighted by Crippen LogP contribution is 2.22. The van der Waals surface area contributed by atoms with Crippen LogP contribution in [-0.4, -0.2) is 72.0 Å². The van der Waals surface area contributed by atoms with E-state index in [0.29, 0.717) is 32.4 Å². The Morgan fingerprint density at radius 1 is 0.875 bits per heavy atom. The number of primary amides is 1. The maximum absolute atomic E-state index is 13.9. The number of phenols is 1. The lowest BCUT2D eigenvalue weighted by atomic mass is 9.95. The average Bonchev–Trinajstić information content (AvgIpc) is 3.05. The van der Waals surface area contributed by atoms with E-state index in [9.17, 15) is 24.3 Å². The summed E-state index contributed by atoms with van der Waals surface area (Å²) in [4.78, 5) is 53.1. The van der Waals surface area contributed by atoms with E-state index in [1.807, 2.05) is 0 Å². The average molecular weight is 702 g/mol.